The highest BCUT2D eigenvalue weighted by molar-refractivity contribution is 5.52. The molecule has 0 amide bonds. The number of aromatic nitrogens is 3. The van der Waals surface area contributed by atoms with Crippen molar-refractivity contribution in [3.05, 3.63) is 30.4 Å². The standard InChI is InChI=1S/C12H14N4O2/c17-12(4-2-6-14-8-12)11-15-10(16-18-11)9-3-1-5-13-7-9/h1,3,5,7,14,17H,2,4,6,8H2. The highest BCUT2D eigenvalue weighted by Gasteiger charge is 2.37. The molecular weight excluding hydrogens is 232 g/mol. The molecule has 6 heteroatoms. The van der Waals surface area contributed by atoms with Gasteiger partial charge in [-0.1, -0.05) is 5.16 Å². The van der Waals surface area contributed by atoms with Crippen molar-refractivity contribution in [3.8, 4) is 11.4 Å². The van der Waals surface area contributed by atoms with E-state index < -0.39 is 5.60 Å². The predicted molar refractivity (Wildman–Crippen MR) is 63.5 cm³/mol. The summed E-state index contributed by atoms with van der Waals surface area (Å²) in [5.74, 6) is 0.727. The lowest BCUT2D eigenvalue weighted by Crippen LogP contribution is -2.43. The molecule has 3 heterocycles. The smallest absolute Gasteiger partial charge is 0.260 e. The fourth-order valence-electron chi connectivity index (χ4n) is 2.10. The maximum atomic E-state index is 10.4. The number of rotatable bonds is 2. The number of nitrogens with one attached hydrogen (secondary N) is 1. The van der Waals surface area contributed by atoms with Gasteiger partial charge in [-0.3, -0.25) is 4.98 Å². The summed E-state index contributed by atoms with van der Waals surface area (Å²) in [5, 5.41) is 17.5. The number of aliphatic hydroxyl groups is 1. The quantitative estimate of drug-likeness (QED) is 0.811. The van der Waals surface area contributed by atoms with Gasteiger partial charge in [0.05, 0.1) is 0 Å². The predicted octanol–water partition coefficient (Wildman–Crippen LogP) is 0.703. The van der Waals surface area contributed by atoms with Crippen LogP contribution in [0, 0.1) is 0 Å². The SMILES string of the molecule is OC1(c2nc(-c3cccnc3)no2)CCCNC1. The number of piperidine rings is 1. The van der Waals surface area contributed by atoms with E-state index in [1.54, 1.807) is 12.4 Å². The van der Waals surface area contributed by atoms with Crippen LogP contribution < -0.4 is 5.32 Å². The zero-order chi connectivity index (χ0) is 12.4. The lowest BCUT2D eigenvalue weighted by Gasteiger charge is -2.28. The van der Waals surface area contributed by atoms with Crippen LogP contribution >= 0.6 is 0 Å². The van der Waals surface area contributed by atoms with Crippen LogP contribution in [0.2, 0.25) is 0 Å². The van der Waals surface area contributed by atoms with Crippen molar-refractivity contribution in [2.24, 2.45) is 0 Å². The van der Waals surface area contributed by atoms with Crippen molar-refractivity contribution in [1.29, 1.82) is 0 Å². The minimum Gasteiger partial charge on any atom is -0.379 e. The lowest BCUT2D eigenvalue weighted by atomic mass is 9.94. The number of β-amino-alcohol motifs (C(OH)–C–C–N with tert-alkyl or cyclic N) is 1. The van der Waals surface area contributed by atoms with Gasteiger partial charge >= 0.3 is 0 Å². The Morgan fingerprint density at radius 2 is 2.39 bits per heavy atom. The first-order valence-electron chi connectivity index (χ1n) is 5.96. The van der Waals surface area contributed by atoms with E-state index in [1.165, 1.54) is 0 Å². The Morgan fingerprint density at radius 3 is 3.11 bits per heavy atom. The maximum Gasteiger partial charge on any atom is 0.260 e. The Bertz CT molecular complexity index is 520. The summed E-state index contributed by atoms with van der Waals surface area (Å²) >= 11 is 0. The summed E-state index contributed by atoms with van der Waals surface area (Å²) in [5.41, 5.74) is -0.272. The molecule has 2 N–H and O–H groups in total. The van der Waals surface area contributed by atoms with E-state index >= 15 is 0 Å². The average molecular weight is 246 g/mol. The first kappa shape index (κ1) is 11.3. The third-order valence-electron chi connectivity index (χ3n) is 3.11. The Hall–Kier alpha value is -1.79. The Kier molecular flexibility index (Phi) is 2.81. The fraction of sp³-hybridized carbons (Fsp3) is 0.417. The molecule has 0 aliphatic carbocycles. The Balaban J connectivity index is 1.89. The topological polar surface area (TPSA) is 84.1 Å². The minimum absolute atomic E-state index is 0.272. The average Bonchev–Trinajstić information content (AvgIpc) is 2.91. The third kappa shape index (κ3) is 2.00. The van der Waals surface area contributed by atoms with E-state index in [9.17, 15) is 5.11 Å². The first-order valence-corrected chi connectivity index (χ1v) is 5.96. The second kappa shape index (κ2) is 4.47. The van der Waals surface area contributed by atoms with Crippen molar-refractivity contribution in [1.82, 2.24) is 20.4 Å². The van der Waals surface area contributed by atoms with Crippen molar-refractivity contribution >= 4 is 0 Å². The van der Waals surface area contributed by atoms with Crippen LogP contribution in [0.15, 0.2) is 29.0 Å². The van der Waals surface area contributed by atoms with Gasteiger partial charge in [0.15, 0.2) is 5.60 Å². The summed E-state index contributed by atoms with van der Waals surface area (Å²) in [6.45, 7) is 1.35. The van der Waals surface area contributed by atoms with Gasteiger partial charge in [-0.2, -0.15) is 4.98 Å². The van der Waals surface area contributed by atoms with E-state index in [1.807, 2.05) is 12.1 Å². The van der Waals surface area contributed by atoms with Gasteiger partial charge in [-0.25, -0.2) is 0 Å². The summed E-state index contributed by atoms with van der Waals surface area (Å²) < 4.78 is 5.18. The van der Waals surface area contributed by atoms with Crippen LogP contribution in [-0.2, 0) is 5.60 Å². The Labute approximate surface area is 104 Å². The minimum atomic E-state index is -1.05. The molecule has 1 saturated heterocycles. The molecule has 0 aromatic carbocycles. The lowest BCUT2D eigenvalue weighted by molar-refractivity contribution is -0.0167. The number of hydrogen-bond acceptors (Lipinski definition) is 6. The molecule has 18 heavy (non-hydrogen) atoms. The summed E-state index contributed by atoms with van der Waals surface area (Å²) in [6, 6.07) is 3.66. The molecule has 2 aromatic heterocycles. The highest BCUT2D eigenvalue weighted by Crippen LogP contribution is 2.28. The number of pyridine rings is 1. The second-order valence-electron chi connectivity index (χ2n) is 4.48. The van der Waals surface area contributed by atoms with E-state index in [2.05, 4.69) is 20.4 Å². The van der Waals surface area contributed by atoms with Gasteiger partial charge in [0.1, 0.15) is 0 Å². The van der Waals surface area contributed by atoms with Gasteiger partial charge in [-0.15, -0.1) is 0 Å². The molecule has 6 nitrogen and oxygen atoms in total. The third-order valence-corrected chi connectivity index (χ3v) is 3.11. The molecule has 3 rings (SSSR count). The molecule has 0 saturated carbocycles. The van der Waals surface area contributed by atoms with Crippen LogP contribution in [0.4, 0.5) is 0 Å². The monoisotopic (exact) mass is 246 g/mol. The molecule has 1 atom stereocenters. The van der Waals surface area contributed by atoms with E-state index in [4.69, 9.17) is 4.52 Å². The van der Waals surface area contributed by atoms with Crippen molar-refractivity contribution < 1.29 is 9.63 Å². The molecule has 0 spiro atoms. The van der Waals surface area contributed by atoms with Crippen LogP contribution in [0.25, 0.3) is 11.4 Å². The van der Waals surface area contributed by atoms with Crippen LogP contribution in [0.3, 0.4) is 0 Å². The van der Waals surface area contributed by atoms with E-state index in [-0.39, 0.29) is 5.89 Å². The van der Waals surface area contributed by atoms with Crippen molar-refractivity contribution in [2.75, 3.05) is 13.1 Å². The normalized spacial score (nSPS) is 24.1. The highest BCUT2D eigenvalue weighted by atomic mass is 16.5. The number of nitrogens with zero attached hydrogens (tertiary/aromatic N) is 3. The molecule has 1 fully saturated rings. The van der Waals surface area contributed by atoms with E-state index in [0.29, 0.717) is 18.8 Å². The number of hydrogen-bond donors (Lipinski definition) is 2. The summed E-state index contributed by atoms with van der Waals surface area (Å²) in [4.78, 5) is 8.27. The summed E-state index contributed by atoms with van der Waals surface area (Å²) in [7, 11) is 0. The molecule has 0 bridgehead atoms. The zero-order valence-electron chi connectivity index (χ0n) is 9.83. The van der Waals surface area contributed by atoms with Gasteiger partial charge < -0.3 is 14.9 Å². The van der Waals surface area contributed by atoms with Gasteiger partial charge in [0.25, 0.3) is 5.89 Å². The van der Waals surface area contributed by atoms with Crippen LogP contribution in [-0.4, -0.2) is 33.3 Å². The fourth-order valence-corrected chi connectivity index (χ4v) is 2.10. The molecule has 2 aromatic rings. The Morgan fingerprint density at radius 1 is 1.44 bits per heavy atom. The first-order chi connectivity index (χ1) is 8.78. The summed E-state index contributed by atoms with van der Waals surface area (Å²) in [6.07, 6.45) is 4.87. The van der Waals surface area contributed by atoms with Crippen molar-refractivity contribution in [2.45, 2.75) is 18.4 Å². The molecule has 94 valence electrons. The maximum absolute atomic E-state index is 10.4. The van der Waals surface area contributed by atoms with Gasteiger partial charge in [0, 0.05) is 24.5 Å². The van der Waals surface area contributed by atoms with Gasteiger partial charge in [-0.05, 0) is 31.5 Å². The largest absolute Gasteiger partial charge is 0.379 e. The van der Waals surface area contributed by atoms with Crippen LogP contribution in [0.1, 0.15) is 18.7 Å². The molecule has 0 radical (unpaired) electrons. The molecular formula is C12H14N4O2. The van der Waals surface area contributed by atoms with E-state index in [0.717, 1.165) is 18.5 Å². The molecule has 1 aliphatic heterocycles. The van der Waals surface area contributed by atoms with Gasteiger partial charge in [0.2, 0.25) is 5.82 Å². The molecule has 1 aliphatic rings. The zero-order valence-corrected chi connectivity index (χ0v) is 9.83. The second-order valence-corrected chi connectivity index (χ2v) is 4.48. The van der Waals surface area contributed by atoms with Crippen LogP contribution in [0.5, 0.6) is 0 Å². The van der Waals surface area contributed by atoms with Crippen molar-refractivity contribution in [3.63, 3.8) is 0 Å². The molecule has 1 unspecified atom stereocenters.